The molecule has 0 saturated heterocycles. The fraction of sp³-hybridized carbons (Fsp3) is 0.267. The number of thiophene rings is 1. The van der Waals surface area contributed by atoms with Crippen LogP contribution in [0.25, 0.3) is 0 Å². The van der Waals surface area contributed by atoms with E-state index in [0.717, 1.165) is 24.2 Å². The molecule has 3 nitrogen and oxygen atoms in total. The summed E-state index contributed by atoms with van der Waals surface area (Å²) in [5.74, 6) is 0.209. The van der Waals surface area contributed by atoms with Crippen LogP contribution in [0.3, 0.4) is 0 Å². The molecular formula is C15H16N2OS. The first-order valence-corrected chi connectivity index (χ1v) is 7.33. The third-order valence-electron chi connectivity index (χ3n) is 3.53. The van der Waals surface area contributed by atoms with Crippen LogP contribution in [0.5, 0.6) is 0 Å². The van der Waals surface area contributed by atoms with Crippen LogP contribution in [0.15, 0.2) is 35.0 Å². The molecule has 2 N–H and O–H groups in total. The SMILES string of the molecule is Nc1ccc2c(c1)CCN(C(=O)Cc1ccsc1)C2. The van der Waals surface area contributed by atoms with E-state index in [-0.39, 0.29) is 5.91 Å². The molecule has 1 aromatic heterocycles. The lowest BCUT2D eigenvalue weighted by atomic mass is 9.98. The van der Waals surface area contributed by atoms with Gasteiger partial charge < -0.3 is 10.6 Å². The van der Waals surface area contributed by atoms with Gasteiger partial charge in [-0.2, -0.15) is 11.3 Å². The van der Waals surface area contributed by atoms with Crippen molar-refractivity contribution >= 4 is 22.9 Å². The first-order valence-electron chi connectivity index (χ1n) is 6.38. The maximum atomic E-state index is 12.2. The molecule has 0 saturated carbocycles. The number of rotatable bonds is 2. The molecule has 3 rings (SSSR count). The van der Waals surface area contributed by atoms with Crippen LogP contribution in [0.1, 0.15) is 16.7 Å². The summed E-state index contributed by atoms with van der Waals surface area (Å²) in [5.41, 5.74) is 10.2. The van der Waals surface area contributed by atoms with Crippen molar-refractivity contribution < 1.29 is 4.79 Å². The molecule has 0 bridgehead atoms. The van der Waals surface area contributed by atoms with Crippen LogP contribution >= 0.6 is 11.3 Å². The summed E-state index contributed by atoms with van der Waals surface area (Å²) >= 11 is 1.63. The number of nitrogens with zero attached hydrogens (tertiary/aromatic N) is 1. The zero-order chi connectivity index (χ0) is 13.2. The summed E-state index contributed by atoms with van der Waals surface area (Å²) in [6, 6.07) is 7.98. The van der Waals surface area contributed by atoms with E-state index in [9.17, 15) is 4.79 Å². The second-order valence-corrected chi connectivity index (χ2v) is 5.68. The molecule has 2 aromatic rings. The van der Waals surface area contributed by atoms with Crippen LogP contribution in [0.2, 0.25) is 0 Å². The molecule has 1 aromatic carbocycles. The van der Waals surface area contributed by atoms with E-state index in [1.807, 2.05) is 39.9 Å². The predicted molar refractivity (Wildman–Crippen MR) is 78.0 cm³/mol. The lowest BCUT2D eigenvalue weighted by Crippen LogP contribution is -2.36. The summed E-state index contributed by atoms with van der Waals surface area (Å²) in [5, 5.41) is 4.05. The number of anilines is 1. The molecule has 2 heterocycles. The molecule has 0 spiro atoms. The lowest BCUT2D eigenvalue weighted by Gasteiger charge is -2.29. The Morgan fingerprint density at radius 2 is 2.21 bits per heavy atom. The van der Waals surface area contributed by atoms with Crippen molar-refractivity contribution in [2.24, 2.45) is 0 Å². The highest BCUT2D eigenvalue weighted by molar-refractivity contribution is 7.07. The molecule has 1 amide bonds. The van der Waals surface area contributed by atoms with Crippen molar-refractivity contribution in [2.45, 2.75) is 19.4 Å². The van der Waals surface area contributed by atoms with E-state index in [1.165, 1.54) is 11.1 Å². The minimum atomic E-state index is 0.209. The molecule has 0 fully saturated rings. The number of hydrogen-bond acceptors (Lipinski definition) is 3. The highest BCUT2D eigenvalue weighted by Gasteiger charge is 2.20. The van der Waals surface area contributed by atoms with E-state index >= 15 is 0 Å². The second-order valence-electron chi connectivity index (χ2n) is 4.90. The van der Waals surface area contributed by atoms with Crippen molar-refractivity contribution in [1.82, 2.24) is 4.90 Å². The normalized spacial score (nSPS) is 14.2. The first-order chi connectivity index (χ1) is 9.22. The number of nitrogens with two attached hydrogens (primary N) is 1. The van der Waals surface area contributed by atoms with Crippen molar-refractivity contribution in [3.63, 3.8) is 0 Å². The predicted octanol–water partition coefficient (Wildman–Crippen LogP) is 2.46. The van der Waals surface area contributed by atoms with Gasteiger partial charge in [0.05, 0.1) is 6.42 Å². The molecule has 0 aliphatic carbocycles. The standard InChI is InChI=1S/C15H16N2OS/c16-14-2-1-13-9-17(5-3-12(13)8-14)15(18)7-11-4-6-19-10-11/h1-2,4,6,8,10H,3,5,7,9,16H2. The summed E-state index contributed by atoms with van der Waals surface area (Å²) < 4.78 is 0. The van der Waals surface area contributed by atoms with Crippen LogP contribution in [-0.4, -0.2) is 17.4 Å². The largest absolute Gasteiger partial charge is 0.399 e. The van der Waals surface area contributed by atoms with Gasteiger partial charge in [0.15, 0.2) is 0 Å². The Bertz CT molecular complexity index is 592. The van der Waals surface area contributed by atoms with E-state index in [1.54, 1.807) is 11.3 Å². The fourth-order valence-corrected chi connectivity index (χ4v) is 3.13. The summed E-state index contributed by atoms with van der Waals surface area (Å²) in [7, 11) is 0. The minimum absolute atomic E-state index is 0.209. The van der Waals surface area contributed by atoms with Crippen LogP contribution in [0.4, 0.5) is 5.69 Å². The van der Waals surface area contributed by atoms with Crippen molar-refractivity contribution in [3.05, 3.63) is 51.7 Å². The van der Waals surface area contributed by atoms with Gasteiger partial charge in [0.25, 0.3) is 0 Å². The molecule has 0 radical (unpaired) electrons. The Labute approximate surface area is 116 Å². The van der Waals surface area contributed by atoms with Crippen LogP contribution in [-0.2, 0) is 24.2 Å². The van der Waals surface area contributed by atoms with Gasteiger partial charge in [0, 0.05) is 18.8 Å². The van der Waals surface area contributed by atoms with E-state index in [4.69, 9.17) is 5.73 Å². The topological polar surface area (TPSA) is 46.3 Å². The van der Waals surface area contributed by atoms with E-state index in [2.05, 4.69) is 0 Å². The molecule has 98 valence electrons. The summed E-state index contributed by atoms with van der Waals surface area (Å²) in [6.07, 6.45) is 1.41. The van der Waals surface area contributed by atoms with Crippen molar-refractivity contribution in [3.8, 4) is 0 Å². The number of carbonyl (C=O) groups is 1. The van der Waals surface area contributed by atoms with Gasteiger partial charge in [0.1, 0.15) is 0 Å². The van der Waals surface area contributed by atoms with E-state index < -0.39 is 0 Å². The molecule has 19 heavy (non-hydrogen) atoms. The highest BCUT2D eigenvalue weighted by Crippen LogP contribution is 2.22. The Morgan fingerprint density at radius 3 is 3.00 bits per heavy atom. The number of benzene rings is 1. The third kappa shape index (κ3) is 2.63. The second kappa shape index (κ2) is 5.05. The Balaban J connectivity index is 1.71. The molecule has 4 heteroatoms. The first kappa shape index (κ1) is 12.2. The van der Waals surface area contributed by atoms with E-state index in [0.29, 0.717) is 13.0 Å². The number of nitrogen functional groups attached to an aromatic ring is 1. The number of hydrogen-bond donors (Lipinski definition) is 1. The minimum Gasteiger partial charge on any atom is -0.399 e. The van der Waals surface area contributed by atoms with Gasteiger partial charge in [-0.25, -0.2) is 0 Å². The van der Waals surface area contributed by atoms with Crippen LogP contribution in [0, 0.1) is 0 Å². The van der Waals surface area contributed by atoms with Gasteiger partial charge in [-0.05, 0) is 52.1 Å². The highest BCUT2D eigenvalue weighted by atomic mass is 32.1. The quantitative estimate of drug-likeness (QED) is 0.854. The average Bonchev–Trinajstić information content (AvgIpc) is 2.91. The molecule has 1 aliphatic rings. The molecule has 1 aliphatic heterocycles. The summed E-state index contributed by atoms with van der Waals surface area (Å²) in [6.45, 7) is 1.50. The smallest absolute Gasteiger partial charge is 0.227 e. The Morgan fingerprint density at radius 1 is 1.32 bits per heavy atom. The maximum Gasteiger partial charge on any atom is 0.227 e. The summed E-state index contributed by atoms with van der Waals surface area (Å²) in [4.78, 5) is 14.2. The van der Waals surface area contributed by atoms with Gasteiger partial charge in [0.2, 0.25) is 5.91 Å². The lowest BCUT2D eigenvalue weighted by molar-refractivity contribution is -0.131. The van der Waals surface area contributed by atoms with Gasteiger partial charge >= 0.3 is 0 Å². The number of amides is 1. The van der Waals surface area contributed by atoms with Gasteiger partial charge in [-0.1, -0.05) is 6.07 Å². The zero-order valence-electron chi connectivity index (χ0n) is 10.6. The third-order valence-corrected chi connectivity index (χ3v) is 4.26. The number of fused-ring (bicyclic) bond motifs is 1. The van der Waals surface area contributed by atoms with Crippen LogP contribution < -0.4 is 5.73 Å². The molecular weight excluding hydrogens is 256 g/mol. The van der Waals surface area contributed by atoms with Crippen molar-refractivity contribution in [1.29, 1.82) is 0 Å². The monoisotopic (exact) mass is 272 g/mol. The zero-order valence-corrected chi connectivity index (χ0v) is 11.5. The van der Waals surface area contributed by atoms with Crippen molar-refractivity contribution in [2.75, 3.05) is 12.3 Å². The Hall–Kier alpha value is -1.81. The average molecular weight is 272 g/mol. The van der Waals surface area contributed by atoms with Gasteiger partial charge in [-0.15, -0.1) is 0 Å². The molecule has 0 unspecified atom stereocenters. The fourth-order valence-electron chi connectivity index (χ4n) is 2.47. The Kier molecular flexibility index (Phi) is 3.25. The molecule has 0 atom stereocenters. The maximum absolute atomic E-state index is 12.2. The van der Waals surface area contributed by atoms with Gasteiger partial charge in [-0.3, -0.25) is 4.79 Å². The number of carbonyl (C=O) groups excluding carboxylic acids is 1.